The average Bonchev–Trinajstić information content (AvgIpc) is 2.74. The monoisotopic (exact) mass is 390 g/mol. The van der Waals surface area contributed by atoms with Crippen molar-refractivity contribution in [3.05, 3.63) is 53.0 Å². The van der Waals surface area contributed by atoms with Gasteiger partial charge < -0.3 is 10.8 Å². The quantitative estimate of drug-likeness (QED) is 0.790. The third-order valence-corrected chi connectivity index (χ3v) is 5.49. The summed E-state index contributed by atoms with van der Waals surface area (Å²) in [6.45, 7) is 7.54. The first-order valence-corrected chi connectivity index (χ1v) is 9.59. The van der Waals surface area contributed by atoms with Crippen LogP contribution in [0.2, 0.25) is 0 Å². The second-order valence-electron chi connectivity index (χ2n) is 7.32. The predicted octanol–water partition coefficient (Wildman–Crippen LogP) is 2.21. The van der Waals surface area contributed by atoms with Gasteiger partial charge in [-0.2, -0.15) is 15.8 Å². The van der Waals surface area contributed by atoms with E-state index in [4.69, 9.17) is 10.8 Å². The lowest BCUT2D eigenvalue weighted by Crippen LogP contribution is -2.49. The zero-order valence-electron chi connectivity index (χ0n) is 17.0. The molecule has 7 nitrogen and oxygen atoms in total. The molecule has 29 heavy (non-hydrogen) atoms. The van der Waals surface area contributed by atoms with Crippen molar-refractivity contribution in [2.24, 2.45) is 17.1 Å². The first-order chi connectivity index (χ1) is 13.9. The molecule has 3 N–H and O–H groups in total. The highest BCUT2D eigenvalue weighted by Crippen LogP contribution is 2.54. The van der Waals surface area contributed by atoms with Crippen LogP contribution in [0.4, 0.5) is 0 Å². The number of pyridine rings is 1. The molecule has 0 radical (unpaired) electrons. The number of hydrogen-bond acceptors (Lipinski definition) is 7. The molecular formula is C22H26N6O. The molecule has 2 aliphatic rings. The minimum absolute atomic E-state index is 0.0623. The molecule has 0 saturated carbocycles. The number of rotatable bonds is 2. The molecule has 1 aromatic rings. The summed E-state index contributed by atoms with van der Waals surface area (Å²) in [4.78, 5) is 6.33. The normalized spacial score (nSPS) is 22.9. The number of aliphatic hydroxyl groups is 1. The van der Waals surface area contributed by atoms with E-state index in [0.717, 1.165) is 17.7 Å². The van der Waals surface area contributed by atoms with Crippen molar-refractivity contribution in [3.8, 4) is 18.2 Å². The Morgan fingerprint density at radius 3 is 2.34 bits per heavy atom. The van der Waals surface area contributed by atoms with Crippen molar-refractivity contribution >= 4 is 0 Å². The maximum atomic E-state index is 9.98. The van der Waals surface area contributed by atoms with Gasteiger partial charge in [0.25, 0.3) is 0 Å². The van der Waals surface area contributed by atoms with Crippen molar-refractivity contribution in [1.82, 2.24) is 9.88 Å². The molecule has 2 atom stereocenters. The number of aliphatic hydroxyl groups excluding tert-OH is 1. The number of fused-ring (bicyclic) bond motifs is 1. The van der Waals surface area contributed by atoms with E-state index in [-0.39, 0.29) is 23.8 Å². The van der Waals surface area contributed by atoms with Crippen LogP contribution < -0.4 is 5.73 Å². The smallest absolute Gasteiger partial charge is 0.191 e. The van der Waals surface area contributed by atoms with Gasteiger partial charge in [0.05, 0.1) is 23.4 Å². The van der Waals surface area contributed by atoms with E-state index < -0.39 is 11.3 Å². The largest absolute Gasteiger partial charge is 0.399 e. The van der Waals surface area contributed by atoms with E-state index in [2.05, 4.69) is 41.9 Å². The van der Waals surface area contributed by atoms with Gasteiger partial charge in [0.1, 0.15) is 6.07 Å². The molecule has 0 saturated heterocycles. The third kappa shape index (κ3) is 3.87. The highest BCUT2D eigenvalue weighted by atomic mass is 16.2. The molecule has 150 valence electrons. The maximum absolute atomic E-state index is 9.98. The molecule has 2 heterocycles. The van der Waals surface area contributed by atoms with E-state index >= 15 is 0 Å². The summed E-state index contributed by atoms with van der Waals surface area (Å²) in [6, 6.07) is 10.4. The zero-order valence-corrected chi connectivity index (χ0v) is 17.0. The van der Waals surface area contributed by atoms with E-state index in [9.17, 15) is 15.8 Å². The van der Waals surface area contributed by atoms with Gasteiger partial charge in [-0.15, -0.1) is 0 Å². The Labute approximate surface area is 172 Å². The Bertz CT molecular complexity index is 899. The zero-order chi connectivity index (χ0) is 21.6. The SMILES string of the molecule is CC(C)N1CC=C2C(C#N)=C(N)C(C#N)(C#N)[C@H](c3ccncc3)[C@H]2C1.CCO. The fourth-order valence-corrected chi connectivity index (χ4v) is 4.07. The molecule has 1 aliphatic carbocycles. The summed E-state index contributed by atoms with van der Waals surface area (Å²) >= 11 is 0. The second kappa shape index (κ2) is 9.34. The summed E-state index contributed by atoms with van der Waals surface area (Å²) in [5.41, 5.74) is 6.72. The van der Waals surface area contributed by atoms with Gasteiger partial charge in [-0.1, -0.05) is 6.08 Å². The second-order valence-corrected chi connectivity index (χ2v) is 7.32. The summed E-state index contributed by atoms with van der Waals surface area (Å²) in [5, 5.41) is 37.2. The molecule has 0 aromatic carbocycles. The van der Waals surface area contributed by atoms with Crippen molar-refractivity contribution in [2.45, 2.75) is 32.7 Å². The third-order valence-electron chi connectivity index (χ3n) is 5.49. The molecule has 0 spiro atoms. The van der Waals surface area contributed by atoms with Crippen LogP contribution in [0.25, 0.3) is 0 Å². The van der Waals surface area contributed by atoms with Crippen LogP contribution >= 0.6 is 0 Å². The van der Waals surface area contributed by atoms with Crippen LogP contribution in [-0.4, -0.2) is 40.7 Å². The first-order valence-electron chi connectivity index (χ1n) is 9.59. The van der Waals surface area contributed by atoms with E-state index in [0.29, 0.717) is 12.6 Å². The van der Waals surface area contributed by atoms with Gasteiger partial charge in [0, 0.05) is 50.0 Å². The topological polar surface area (TPSA) is 134 Å². The molecule has 0 amide bonds. The van der Waals surface area contributed by atoms with Crippen molar-refractivity contribution in [1.29, 1.82) is 15.8 Å². The Hall–Kier alpha value is -3.18. The van der Waals surface area contributed by atoms with Gasteiger partial charge >= 0.3 is 0 Å². The molecule has 1 aliphatic heterocycles. The van der Waals surface area contributed by atoms with Crippen LogP contribution in [0.1, 0.15) is 32.3 Å². The fourth-order valence-electron chi connectivity index (χ4n) is 4.07. The highest BCUT2D eigenvalue weighted by molar-refractivity contribution is 5.59. The standard InChI is InChI=1S/C20H20N6.C2H6O/c1-13(2)26-8-5-15-16(9-21)19(24)20(11-22,12-23)18(17(15)10-26)14-3-6-25-7-4-14;1-2-3/h3-7,13,17-18H,8,10,24H2,1-2H3;3H,2H2,1H3/t17-,18+;/m0./s1. The first kappa shape index (κ1) is 22.1. The molecular weight excluding hydrogens is 364 g/mol. The predicted molar refractivity (Wildman–Crippen MR) is 109 cm³/mol. The molecule has 0 unspecified atom stereocenters. The highest BCUT2D eigenvalue weighted by Gasteiger charge is 2.54. The maximum Gasteiger partial charge on any atom is 0.191 e. The number of allylic oxidation sites excluding steroid dienone is 2. The van der Waals surface area contributed by atoms with Gasteiger partial charge in [-0.3, -0.25) is 9.88 Å². The van der Waals surface area contributed by atoms with Crippen LogP contribution in [-0.2, 0) is 0 Å². The minimum Gasteiger partial charge on any atom is -0.399 e. The van der Waals surface area contributed by atoms with Gasteiger partial charge in [-0.05, 0) is 44.0 Å². The summed E-state index contributed by atoms with van der Waals surface area (Å²) in [5.74, 6) is -0.611. The average molecular weight is 390 g/mol. The number of aromatic nitrogens is 1. The summed E-state index contributed by atoms with van der Waals surface area (Å²) in [6.07, 6.45) is 5.33. The molecule has 0 fully saturated rings. The van der Waals surface area contributed by atoms with Crippen molar-refractivity contribution in [3.63, 3.8) is 0 Å². The van der Waals surface area contributed by atoms with Crippen molar-refractivity contribution in [2.75, 3.05) is 19.7 Å². The Morgan fingerprint density at radius 1 is 1.28 bits per heavy atom. The lowest BCUT2D eigenvalue weighted by atomic mass is 9.58. The number of nitrogens with two attached hydrogens (primary N) is 1. The Kier molecular flexibility index (Phi) is 7.13. The number of nitriles is 3. The molecule has 1 aromatic heterocycles. The Morgan fingerprint density at radius 2 is 1.86 bits per heavy atom. The van der Waals surface area contributed by atoms with Crippen molar-refractivity contribution < 1.29 is 5.11 Å². The van der Waals surface area contributed by atoms with Crippen LogP contribution in [0, 0.1) is 45.3 Å². The number of nitrogens with zero attached hydrogens (tertiary/aromatic N) is 5. The van der Waals surface area contributed by atoms with Crippen LogP contribution in [0.3, 0.4) is 0 Å². The molecule has 0 bridgehead atoms. The lowest BCUT2D eigenvalue weighted by molar-refractivity contribution is 0.174. The molecule has 7 heteroatoms. The van der Waals surface area contributed by atoms with Gasteiger partial charge in [0.2, 0.25) is 0 Å². The van der Waals surface area contributed by atoms with E-state index in [1.54, 1.807) is 19.3 Å². The van der Waals surface area contributed by atoms with Crippen LogP contribution in [0.5, 0.6) is 0 Å². The lowest BCUT2D eigenvalue weighted by Gasteiger charge is -2.46. The van der Waals surface area contributed by atoms with Gasteiger partial charge in [0.15, 0.2) is 5.41 Å². The fraction of sp³-hybridized carbons (Fsp3) is 0.455. The van der Waals surface area contributed by atoms with Gasteiger partial charge in [-0.25, -0.2) is 0 Å². The summed E-state index contributed by atoms with van der Waals surface area (Å²) in [7, 11) is 0. The summed E-state index contributed by atoms with van der Waals surface area (Å²) < 4.78 is 0. The van der Waals surface area contributed by atoms with E-state index in [1.165, 1.54) is 0 Å². The molecule has 3 rings (SSSR count). The van der Waals surface area contributed by atoms with Crippen LogP contribution in [0.15, 0.2) is 47.4 Å². The van der Waals surface area contributed by atoms with E-state index in [1.807, 2.05) is 18.2 Å². The number of hydrogen-bond donors (Lipinski definition) is 2. The Balaban J connectivity index is 0.000000941. The minimum atomic E-state index is -1.57.